The Labute approximate surface area is 124 Å². The van der Waals surface area contributed by atoms with Crippen LogP contribution in [0.25, 0.3) is 0 Å². The molecule has 0 bridgehead atoms. The van der Waals surface area contributed by atoms with Gasteiger partial charge in [-0.1, -0.05) is 20.3 Å². The zero-order chi connectivity index (χ0) is 15.4. The summed E-state index contributed by atoms with van der Waals surface area (Å²) in [6, 6.07) is 0. The molecule has 4 heteroatoms. The van der Waals surface area contributed by atoms with Gasteiger partial charge in [0.05, 0.1) is 12.7 Å². The maximum atomic E-state index is 12.1. The van der Waals surface area contributed by atoms with Crippen LogP contribution in [0.3, 0.4) is 0 Å². The minimum atomic E-state index is -0.594. The molecule has 0 aromatic carbocycles. The topological polar surface area (TPSA) is 47.6 Å². The van der Waals surface area contributed by atoms with Gasteiger partial charge in [-0.05, 0) is 53.0 Å². The van der Waals surface area contributed by atoms with Crippen LogP contribution in [0.1, 0.15) is 66.7 Å². The van der Waals surface area contributed by atoms with Gasteiger partial charge in [-0.25, -0.2) is 0 Å². The van der Waals surface area contributed by atoms with Crippen molar-refractivity contribution >= 4 is 5.97 Å². The molecule has 0 aliphatic rings. The predicted molar refractivity (Wildman–Crippen MR) is 82.9 cm³/mol. The number of nitrogens with one attached hydrogen (secondary N) is 1. The highest BCUT2D eigenvalue weighted by Gasteiger charge is 2.33. The molecule has 0 aliphatic carbocycles. The van der Waals surface area contributed by atoms with Crippen molar-refractivity contribution in [1.82, 2.24) is 5.32 Å². The summed E-state index contributed by atoms with van der Waals surface area (Å²) in [5.41, 5.74) is -0.594. The second kappa shape index (κ2) is 11.1. The molecule has 0 rings (SSSR count). The molecule has 120 valence electrons. The van der Waals surface area contributed by atoms with Crippen molar-refractivity contribution in [2.24, 2.45) is 0 Å². The quantitative estimate of drug-likeness (QED) is 0.442. The van der Waals surface area contributed by atoms with Crippen LogP contribution < -0.4 is 5.32 Å². The van der Waals surface area contributed by atoms with Crippen LogP contribution >= 0.6 is 0 Å². The van der Waals surface area contributed by atoms with E-state index in [1.165, 1.54) is 0 Å². The molecule has 4 nitrogen and oxygen atoms in total. The maximum absolute atomic E-state index is 12.1. The molecular formula is C16H33NO3. The average molecular weight is 287 g/mol. The summed E-state index contributed by atoms with van der Waals surface area (Å²) in [5.74, 6) is -0.157. The first kappa shape index (κ1) is 19.4. The van der Waals surface area contributed by atoms with Gasteiger partial charge in [-0.3, -0.25) is 4.79 Å². The highest BCUT2D eigenvalue weighted by atomic mass is 16.5. The Hall–Kier alpha value is -0.610. The third kappa shape index (κ3) is 7.85. The van der Waals surface area contributed by atoms with Crippen molar-refractivity contribution in [3.63, 3.8) is 0 Å². The van der Waals surface area contributed by atoms with E-state index in [4.69, 9.17) is 9.47 Å². The Morgan fingerprint density at radius 3 is 2.50 bits per heavy atom. The van der Waals surface area contributed by atoms with Crippen LogP contribution in [-0.2, 0) is 14.3 Å². The summed E-state index contributed by atoms with van der Waals surface area (Å²) >= 11 is 0. The van der Waals surface area contributed by atoms with Crippen molar-refractivity contribution in [3.05, 3.63) is 0 Å². The summed E-state index contributed by atoms with van der Waals surface area (Å²) in [7, 11) is 0. The number of esters is 1. The van der Waals surface area contributed by atoms with Gasteiger partial charge in [0.2, 0.25) is 0 Å². The fraction of sp³-hybridized carbons (Fsp3) is 0.938. The Morgan fingerprint density at radius 1 is 1.25 bits per heavy atom. The summed E-state index contributed by atoms with van der Waals surface area (Å²) in [6.07, 6.45) is 5.13. The molecule has 0 aromatic rings. The molecule has 0 heterocycles. The first-order valence-electron chi connectivity index (χ1n) is 8.04. The van der Waals surface area contributed by atoms with Crippen molar-refractivity contribution in [2.45, 2.75) is 78.4 Å². The van der Waals surface area contributed by atoms with Crippen molar-refractivity contribution in [3.8, 4) is 0 Å². The predicted octanol–water partition coefficient (Wildman–Crippen LogP) is 3.29. The lowest BCUT2D eigenvalue weighted by molar-refractivity contribution is -0.151. The lowest BCUT2D eigenvalue weighted by Gasteiger charge is -2.28. The van der Waals surface area contributed by atoms with Gasteiger partial charge in [-0.15, -0.1) is 0 Å². The van der Waals surface area contributed by atoms with Crippen LogP contribution in [0.2, 0.25) is 0 Å². The molecule has 0 amide bonds. The second-order valence-corrected chi connectivity index (χ2v) is 5.55. The standard InChI is InChI=1S/C16H33NO3/c1-6-10-14(4)20-13-9-11-16(5,17-12-7-2)15(18)19-8-3/h14,17H,6-13H2,1-5H3. The lowest BCUT2D eigenvalue weighted by atomic mass is 9.95. The fourth-order valence-corrected chi connectivity index (χ4v) is 2.15. The number of ether oxygens (including phenoxy) is 2. The largest absolute Gasteiger partial charge is 0.465 e. The molecule has 0 aliphatic heterocycles. The van der Waals surface area contributed by atoms with E-state index in [0.717, 1.165) is 38.6 Å². The van der Waals surface area contributed by atoms with E-state index in [1.54, 1.807) is 0 Å². The van der Waals surface area contributed by atoms with Gasteiger partial charge in [0.1, 0.15) is 5.54 Å². The first-order chi connectivity index (χ1) is 9.50. The molecule has 20 heavy (non-hydrogen) atoms. The van der Waals surface area contributed by atoms with Crippen molar-refractivity contribution < 1.29 is 14.3 Å². The van der Waals surface area contributed by atoms with Gasteiger partial charge < -0.3 is 14.8 Å². The summed E-state index contributed by atoms with van der Waals surface area (Å²) < 4.78 is 10.9. The lowest BCUT2D eigenvalue weighted by Crippen LogP contribution is -2.51. The van der Waals surface area contributed by atoms with Gasteiger partial charge in [0.25, 0.3) is 0 Å². The average Bonchev–Trinajstić information content (AvgIpc) is 2.42. The number of hydrogen-bond donors (Lipinski definition) is 1. The van der Waals surface area contributed by atoms with E-state index in [0.29, 0.717) is 19.3 Å². The van der Waals surface area contributed by atoms with E-state index in [-0.39, 0.29) is 5.97 Å². The maximum Gasteiger partial charge on any atom is 0.326 e. The molecule has 0 saturated carbocycles. The van der Waals surface area contributed by atoms with E-state index in [2.05, 4.69) is 26.1 Å². The molecular weight excluding hydrogens is 254 g/mol. The third-order valence-corrected chi connectivity index (χ3v) is 3.41. The molecule has 0 saturated heterocycles. The normalized spacial score (nSPS) is 15.7. The Morgan fingerprint density at radius 2 is 1.95 bits per heavy atom. The van der Waals surface area contributed by atoms with E-state index >= 15 is 0 Å². The smallest absolute Gasteiger partial charge is 0.326 e. The summed E-state index contributed by atoms with van der Waals surface area (Å²) in [6.45, 7) is 12.1. The fourth-order valence-electron chi connectivity index (χ4n) is 2.15. The van der Waals surface area contributed by atoms with Gasteiger partial charge in [0.15, 0.2) is 0 Å². The zero-order valence-electron chi connectivity index (χ0n) is 14.0. The molecule has 0 spiro atoms. The van der Waals surface area contributed by atoms with E-state index in [1.807, 2.05) is 13.8 Å². The molecule has 2 unspecified atom stereocenters. The second-order valence-electron chi connectivity index (χ2n) is 5.55. The molecule has 0 radical (unpaired) electrons. The number of carbonyl (C=O) groups is 1. The van der Waals surface area contributed by atoms with Gasteiger partial charge >= 0.3 is 5.97 Å². The highest BCUT2D eigenvalue weighted by molar-refractivity contribution is 5.80. The van der Waals surface area contributed by atoms with Crippen LogP contribution in [0.4, 0.5) is 0 Å². The molecule has 0 aromatic heterocycles. The van der Waals surface area contributed by atoms with Crippen LogP contribution in [-0.4, -0.2) is 37.4 Å². The molecule has 0 fully saturated rings. The monoisotopic (exact) mass is 287 g/mol. The third-order valence-electron chi connectivity index (χ3n) is 3.41. The SMILES string of the molecule is CCCNC(C)(CCCOC(C)CCC)C(=O)OCC. The van der Waals surface area contributed by atoms with E-state index < -0.39 is 5.54 Å². The Balaban J connectivity index is 4.19. The van der Waals surface area contributed by atoms with Crippen molar-refractivity contribution in [1.29, 1.82) is 0 Å². The van der Waals surface area contributed by atoms with Crippen molar-refractivity contribution in [2.75, 3.05) is 19.8 Å². The number of rotatable bonds is 12. The number of carbonyl (C=O) groups excluding carboxylic acids is 1. The van der Waals surface area contributed by atoms with Crippen LogP contribution in [0, 0.1) is 0 Å². The van der Waals surface area contributed by atoms with E-state index in [9.17, 15) is 4.79 Å². The van der Waals surface area contributed by atoms with Crippen LogP contribution in [0.15, 0.2) is 0 Å². The first-order valence-corrected chi connectivity index (χ1v) is 8.04. The van der Waals surface area contributed by atoms with Crippen LogP contribution in [0.5, 0.6) is 0 Å². The molecule has 1 N–H and O–H groups in total. The highest BCUT2D eigenvalue weighted by Crippen LogP contribution is 2.16. The number of hydrogen-bond acceptors (Lipinski definition) is 4. The summed E-state index contributed by atoms with van der Waals surface area (Å²) in [4.78, 5) is 12.1. The van der Waals surface area contributed by atoms with Gasteiger partial charge in [-0.2, -0.15) is 0 Å². The summed E-state index contributed by atoms with van der Waals surface area (Å²) in [5, 5.41) is 3.31. The minimum absolute atomic E-state index is 0.157. The molecule has 2 atom stereocenters. The zero-order valence-corrected chi connectivity index (χ0v) is 14.0. The van der Waals surface area contributed by atoms with Gasteiger partial charge in [0, 0.05) is 6.61 Å². The Bertz CT molecular complexity index is 258. The Kier molecular flexibility index (Phi) is 10.8. The minimum Gasteiger partial charge on any atom is -0.465 e.